The molecule has 1 aliphatic heterocycles. The molecule has 0 aliphatic carbocycles. The summed E-state index contributed by atoms with van der Waals surface area (Å²) in [5.41, 5.74) is 2.53. The number of para-hydroxylation sites is 1. The van der Waals surface area contributed by atoms with Crippen molar-refractivity contribution in [3.63, 3.8) is 0 Å². The Morgan fingerprint density at radius 2 is 2.22 bits per heavy atom. The number of halogens is 1. The van der Waals surface area contributed by atoms with Gasteiger partial charge in [-0.1, -0.05) is 6.07 Å². The summed E-state index contributed by atoms with van der Waals surface area (Å²) >= 11 is 0. The van der Waals surface area contributed by atoms with E-state index in [0.29, 0.717) is 26.3 Å². The largest absolute Gasteiger partial charge is 0.380 e. The van der Waals surface area contributed by atoms with Crippen molar-refractivity contribution in [1.82, 2.24) is 4.90 Å². The van der Waals surface area contributed by atoms with Gasteiger partial charge in [0.05, 0.1) is 17.9 Å². The summed E-state index contributed by atoms with van der Waals surface area (Å²) < 4.78 is 18.8. The third-order valence-electron chi connectivity index (χ3n) is 2.90. The molecule has 1 aliphatic rings. The Hall–Kier alpha value is -1.66. The van der Waals surface area contributed by atoms with Gasteiger partial charge in [-0.25, -0.2) is 4.39 Å². The summed E-state index contributed by atoms with van der Waals surface area (Å²) in [6.07, 6.45) is 0.784. The molecular formula is C12H16FN3O2. The van der Waals surface area contributed by atoms with Crippen LogP contribution in [-0.2, 0) is 4.74 Å². The van der Waals surface area contributed by atoms with Crippen LogP contribution in [0.15, 0.2) is 18.2 Å². The Kier molecular flexibility index (Phi) is 4.11. The first-order valence-corrected chi connectivity index (χ1v) is 5.86. The molecular weight excluding hydrogens is 237 g/mol. The van der Waals surface area contributed by atoms with Crippen LogP contribution in [0.4, 0.5) is 10.1 Å². The fraction of sp³-hybridized carbons (Fsp3) is 0.417. The summed E-state index contributed by atoms with van der Waals surface area (Å²) in [6.45, 7) is 2.28. The average molecular weight is 253 g/mol. The molecule has 98 valence electrons. The highest BCUT2D eigenvalue weighted by Crippen LogP contribution is 2.20. The second-order valence-electron chi connectivity index (χ2n) is 4.06. The Morgan fingerprint density at radius 3 is 3.00 bits per heavy atom. The third kappa shape index (κ3) is 2.60. The predicted octanol–water partition coefficient (Wildman–Crippen LogP) is 0.974. The Bertz CT molecular complexity index is 431. The second kappa shape index (κ2) is 5.79. The molecule has 1 aromatic carbocycles. The van der Waals surface area contributed by atoms with Gasteiger partial charge < -0.3 is 15.1 Å². The Labute approximate surface area is 105 Å². The lowest BCUT2D eigenvalue weighted by molar-refractivity contribution is 0.0742. The highest BCUT2D eigenvalue weighted by Gasteiger charge is 2.21. The topological polar surface area (TPSA) is 67.6 Å². The molecule has 1 amide bonds. The molecule has 3 N–H and O–H groups in total. The molecule has 0 spiro atoms. The second-order valence-corrected chi connectivity index (χ2v) is 4.06. The van der Waals surface area contributed by atoms with Gasteiger partial charge in [0.2, 0.25) is 0 Å². The van der Waals surface area contributed by atoms with E-state index in [-0.39, 0.29) is 17.2 Å². The number of benzene rings is 1. The normalized spacial score (nSPS) is 16.2. The van der Waals surface area contributed by atoms with Crippen LogP contribution in [0.25, 0.3) is 0 Å². The molecule has 5 nitrogen and oxygen atoms in total. The van der Waals surface area contributed by atoms with Crippen LogP contribution in [0.1, 0.15) is 16.8 Å². The number of carbonyl (C=O) groups is 1. The number of hydrazine groups is 1. The van der Waals surface area contributed by atoms with Gasteiger partial charge in [-0.15, -0.1) is 0 Å². The molecule has 0 saturated carbocycles. The van der Waals surface area contributed by atoms with Crippen molar-refractivity contribution in [2.45, 2.75) is 6.42 Å². The maximum atomic E-state index is 13.5. The van der Waals surface area contributed by atoms with E-state index in [0.717, 1.165) is 6.42 Å². The van der Waals surface area contributed by atoms with E-state index in [1.165, 1.54) is 12.1 Å². The van der Waals surface area contributed by atoms with Gasteiger partial charge in [-0.3, -0.25) is 10.6 Å². The van der Waals surface area contributed by atoms with Crippen molar-refractivity contribution in [3.8, 4) is 0 Å². The van der Waals surface area contributed by atoms with Crippen LogP contribution in [0.5, 0.6) is 0 Å². The summed E-state index contributed by atoms with van der Waals surface area (Å²) in [4.78, 5) is 13.9. The molecule has 0 bridgehead atoms. The molecule has 1 aromatic rings. The van der Waals surface area contributed by atoms with Crippen molar-refractivity contribution < 1.29 is 13.9 Å². The van der Waals surface area contributed by atoms with Gasteiger partial charge in [0.1, 0.15) is 5.82 Å². The maximum absolute atomic E-state index is 13.5. The number of nitrogens with two attached hydrogens (primary N) is 1. The molecule has 2 rings (SSSR count). The minimum atomic E-state index is -0.533. The van der Waals surface area contributed by atoms with Crippen molar-refractivity contribution in [2.75, 3.05) is 31.7 Å². The average Bonchev–Trinajstić information content (AvgIpc) is 2.66. The van der Waals surface area contributed by atoms with Crippen molar-refractivity contribution in [2.24, 2.45) is 5.84 Å². The molecule has 0 unspecified atom stereocenters. The molecule has 1 saturated heterocycles. The first-order chi connectivity index (χ1) is 8.74. The summed E-state index contributed by atoms with van der Waals surface area (Å²) in [5, 5.41) is 0. The van der Waals surface area contributed by atoms with E-state index in [2.05, 4.69) is 5.43 Å². The number of anilines is 1. The van der Waals surface area contributed by atoms with Gasteiger partial charge in [-0.2, -0.15) is 0 Å². The first kappa shape index (κ1) is 12.8. The standard InChI is InChI=1S/C12H16FN3O2/c13-10-4-1-3-9(11(10)15-14)12(17)16-5-2-7-18-8-6-16/h1,3-4,15H,2,5-8,14H2. The fourth-order valence-corrected chi connectivity index (χ4v) is 1.97. The lowest BCUT2D eigenvalue weighted by Crippen LogP contribution is -2.34. The summed E-state index contributed by atoms with van der Waals surface area (Å²) in [6, 6.07) is 4.32. The van der Waals surface area contributed by atoms with E-state index in [9.17, 15) is 9.18 Å². The van der Waals surface area contributed by atoms with E-state index < -0.39 is 5.82 Å². The molecule has 18 heavy (non-hydrogen) atoms. The molecule has 1 fully saturated rings. The molecule has 0 aromatic heterocycles. The number of amides is 1. The first-order valence-electron chi connectivity index (χ1n) is 5.86. The van der Waals surface area contributed by atoms with Crippen LogP contribution in [0.2, 0.25) is 0 Å². The number of hydrogen-bond donors (Lipinski definition) is 2. The highest BCUT2D eigenvalue weighted by molar-refractivity contribution is 5.99. The van der Waals surface area contributed by atoms with Gasteiger partial charge in [0.15, 0.2) is 0 Å². The zero-order valence-electron chi connectivity index (χ0n) is 9.99. The van der Waals surface area contributed by atoms with E-state index in [1.807, 2.05) is 0 Å². The third-order valence-corrected chi connectivity index (χ3v) is 2.90. The monoisotopic (exact) mass is 253 g/mol. The molecule has 1 heterocycles. The van der Waals surface area contributed by atoms with E-state index in [4.69, 9.17) is 10.6 Å². The highest BCUT2D eigenvalue weighted by atomic mass is 19.1. The van der Waals surface area contributed by atoms with E-state index >= 15 is 0 Å². The quantitative estimate of drug-likeness (QED) is 0.609. The predicted molar refractivity (Wildman–Crippen MR) is 65.5 cm³/mol. The van der Waals surface area contributed by atoms with Crippen LogP contribution >= 0.6 is 0 Å². The number of hydrogen-bond acceptors (Lipinski definition) is 4. The minimum absolute atomic E-state index is 0.0349. The van der Waals surface area contributed by atoms with Crippen molar-refractivity contribution >= 4 is 11.6 Å². The van der Waals surface area contributed by atoms with Gasteiger partial charge in [0.25, 0.3) is 5.91 Å². The minimum Gasteiger partial charge on any atom is -0.380 e. The van der Waals surface area contributed by atoms with Crippen LogP contribution in [0.3, 0.4) is 0 Å². The smallest absolute Gasteiger partial charge is 0.256 e. The Morgan fingerprint density at radius 1 is 1.39 bits per heavy atom. The molecule has 0 atom stereocenters. The van der Waals surface area contributed by atoms with Gasteiger partial charge >= 0.3 is 0 Å². The number of nitrogens with zero attached hydrogens (tertiary/aromatic N) is 1. The fourth-order valence-electron chi connectivity index (χ4n) is 1.97. The SMILES string of the molecule is NNc1c(F)cccc1C(=O)N1CCCOCC1. The summed E-state index contributed by atoms with van der Waals surface area (Å²) in [7, 11) is 0. The zero-order valence-corrected chi connectivity index (χ0v) is 9.99. The number of nitrogens with one attached hydrogen (secondary N) is 1. The number of rotatable bonds is 2. The van der Waals surface area contributed by atoms with Gasteiger partial charge in [0, 0.05) is 19.7 Å². The Balaban J connectivity index is 2.24. The van der Waals surface area contributed by atoms with Crippen LogP contribution in [0, 0.1) is 5.82 Å². The summed E-state index contributed by atoms with van der Waals surface area (Å²) in [5.74, 6) is 4.50. The van der Waals surface area contributed by atoms with Crippen LogP contribution in [-0.4, -0.2) is 37.1 Å². The molecule has 0 radical (unpaired) electrons. The number of carbonyl (C=O) groups excluding carboxylic acids is 1. The van der Waals surface area contributed by atoms with E-state index in [1.54, 1.807) is 11.0 Å². The lowest BCUT2D eigenvalue weighted by Gasteiger charge is -2.21. The molecule has 6 heteroatoms. The lowest BCUT2D eigenvalue weighted by atomic mass is 10.1. The van der Waals surface area contributed by atoms with Crippen molar-refractivity contribution in [1.29, 1.82) is 0 Å². The number of ether oxygens (including phenoxy) is 1. The maximum Gasteiger partial charge on any atom is 0.256 e. The van der Waals surface area contributed by atoms with Crippen molar-refractivity contribution in [3.05, 3.63) is 29.6 Å². The van der Waals surface area contributed by atoms with Crippen LogP contribution < -0.4 is 11.3 Å². The van der Waals surface area contributed by atoms with Gasteiger partial charge in [-0.05, 0) is 18.6 Å². The zero-order chi connectivity index (χ0) is 13.0. The number of nitrogen functional groups attached to an aromatic ring is 1.